The Morgan fingerprint density at radius 1 is 0.739 bits per heavy atom. The molecule has 2 nitrogen and oxygen atoms in total. The van der Waals surface area contributed by atoms with Crippen LogP contribution in [0.15, 0.2) is 81.8 Å². The average molecular weight is 436 g/mol. The number of hydrogen-bond donors (Lipinski definition) is 1. The van der Waals surface area contributed by atoms with Gasteiger partial charge in [0.2, 0.25) is 0 Å². The van der Waals surface area contributed by atoms with Crippen LogP contribution in [-0.2, 0) is 15.9 Å². The van der Waals surface area contributed by atoms with Crippen LogP contribution in [0.2, 0.25) is 0 Å². The Morgan fingerprint density at radius 3 is 1.61 bits per heavy atom. The first kappa shape index (κ1) is 16.7. The monoisotopic (exact) mass is 434 g/mol. The van der Waals surface area contributed by atoms with Crippen LogP contribution < -0.4 is 0 Å². The molecule has 0 unspecified atom stereocenters. The maximum Gasteiger partial charge on any atom is 0.129 e. The fraction of sp³-hybridized carbons (Fsp3) is 0.158. The van der Waals surface area contributed by atoms with Crippen molar-refractivity contribution in [3.05, 3.63) is 92.9 Å². The van der Waals surface area contributed by atoms with Crippen LogP contribution in [0.1, 0.15) is 11.1 Å². The molecule has 0 fully saturated rings. The SMILES string of the molecule is COC1(c2ccc(Br)cc2)C=CC(O)(c2ccc(Br)cc2)C=C1. The number of benzene rings is 2. The zero-order valence-corrected chi connectivity index (χ0v) is 15.7. The summed E-state index contributed by atoms with van der Waals surface area (Å²) in [6.07, 6.45) is 7.36. The standard InChI is InChI=1S/C19H16Br2O2/c1-23-19(15-4-8-17(21)9-5-15)12-10-18(22,11-13-19)14-2-6-16(20)7-3-14/h2-13,22H,1H3. The maximum absolute atomic E-state index is 10.9. The highest BCUT2D eigenvalue weighted by Gasteiger charge is 2.34. The van der Waals surface area contributed by atoms with Crippen molar-refractivity contribution in [2.24, 2.45) is 0 Å². The summed E-state index contributed by atoms with van der Waals surface area (Å²) in [5.41, 5.74) is 0.0303. The Bertz CT molecular complexity index is 732. The highest BCUT2D eigenvalue weighted by atomic mass is 79.9. The Morgan fingerprint density at radius 2 is 1.17 bits per heavy atom. The van der Waals surface area contributed by atoms with E-state index in [1.54, 1.807) is 19.3 Å². The predicted octanol–water partition coefficient (Wildman–Crippen LogP) is 5.07. The van der Waals surface area contributed by atoms with Crippen LogP contribution in [0.25, 0.3) is 0 Å². The van der Waals surface area contributed by atoms with Crippen molar-refractivity contribution in [1.82, 2.24) is 0 Å². The second-order valence-corrected chi connectivity index (χ2v) is 7.33. The normalized spacial score (nSPS) is 26.4. The Balaban J connectivity index is 1.96. The molecule has 2 aromatic carbocycles. The van der Waals surface area contributed by atoms with Crippen molar-refractivity contribution in [3.8, 4) is 0 Å². The molecule has 2 aromatic rings. The van der Waals surface area contributed by atoms with Crippen molar-refractivity contribution in [3.63, 3.8) is 0 Å². The quantitative estimate of drug-likeness (QED) is 0.682. The molecule has 0 heterocycles. The fourth-order valence-electron chi connectivity index (χ4n) is 2.68. The second-order valence-electron chi connectivity index (χ2n) is 5.50. The van der Waals surface area contributed by atoms with Gasteiger partial charge in [-0.3, -0.25) is 0 Å². The maximum atomic E-state index is 10.9. The van der Waals surface area contributed by atoms with Crippen LogP contribution >= 0.6 is 31.9 Å². The molecule has 118 valence electrons. The summed E-state index contributed by atoms with van der Waals surface area (Å²) in [7, 11) is 1.67. The van der Waals surface area contributed by atoms with E-state index in [9.17, 15) is 5.11 Å². The zero-order chi connectivity index (χ0) is 16.5. The van der Waals surface area contributed by atoms with E-state index in [-0.39, 0.29) is 0 Å². The Labute approximate surface area is 152 Å². The molecule has 0 saturated heterocycles. The lowest BCUT2D eigenvalue weighted by atomic mass is 9.81. The third-order valence-corrected chi connectivity index (χ3v) is 5.17. The lowest BCUT2D eigenvalue weighted by molar-refractivity contribution is 0.0593. The molecule has 0 aliphatic heterocycles. The number of methoxy groups -OCH3 is 1. The molecule has 0 radical (unpaired) electrons. The van der Waals surface area contributed by atoms with Gasteiger partial charge in [-0.05, 0) is 59.7 Å². The summed E-state index contributed by atoms with van der Waals surface area (Å²) >= 11 is 6.85. The molecule has 0 saturated carbocycles. The van der Waals surface area contributed by atoms with E-state index in [1.807, 2.05) is 60.7 Å². The molecular formula is C19H16Br2O2. The van der Waals surface area contributed by atoms with Gasteiger partial charge in [-0.15, -0.1) is 0 Å². The van der Waals surface area contributed by atoms with Crippen molar-refractivity contribution in [2.75, 3.05) is 7.11 Å². The molecule has 4 heteroatoms. The molecule has 0 aromatic heterocycles. The molecule has 0 spiro atoms. The van der Waals surface area contributed by atoms with Gasteiger partial charge in [-0.1, -0.05) is 56.1 Å². The number of hydrogen-bond acceptors (Lipinski definition) is 2. The summed E-state index contributed by atoms with van der Waals surface area (Å²) in [6, 6.07) is 15.6. The summed E-state index contributed by atoms with van der Waals surface area (Å²) in [4.78, 5) is 0. The number of halogens is 2. The summed E-state index contributed by atoms with van der Waals surface area (Å²) < 4.78 is 7.74. The zero-order valence-electron chi connectivity index (χ0n) is 12.5. The highest BCUT2D eigenvalue weighted by molar-refractivity contribution is 9.10. The Kier molecular flexibility index (Phi) is 4.61. The molecular weight excluding hydrogens is 420 g/mol. The largest absolute Gasteiger partial charge is 0.377 e. The first-order valence-electron chi connectivity index (χ1n) is 7.18. The van der Waals surface area contributed by atoms with E-state index in [1.165, 1.54) is 0 Å². The molecule has 1 aliphatic carbocycles. The molecule has 3 rings (SSSR count). The second kappa shape index (κ2) is 6.36. The molecule has 1 aliphatic rings. The molecule has 0 atom stereocenters. The van der Waals surface area contributed by atoms with Gasteiger partial charge in [0.05, 0.1) is 0 Å². The summed E-state index contributed by atoms with van der Waals surface area (Å²) in [5.74, 6) is 0. The minimum Gasteiger partial charge on any atom is -0.377 e. The lowest BCUT2D eigenvalue weighted by Crippen LogP contribution is -2.31. The lowest BCUT2D eigenvalue weighted by Gasteiger charge is -2.34. The van der Waals surface area contributed by atoms with Crippen LogP contribution in [0, 0.1) is 0 Å². The van der Waals surface area contributed by atoms with Crippen LogP contribution in [0.3, 0.4) is 0 Å². The van der Waals surface area contributed by atoms with Crippen LogP contribution in [0.5, 0.6) is 0 Å². The molecule has 0 bridgehead atoms. The first-order chi connectivity index (χ1) is 11.0. The third kappa shape index (κ3) is 3.22. The highest BCUT2D eigenvalue weighted by Crippen LogP contribution is 2.38. The van der Waals surface area contributed by atoms with Gasteiger partial charge in [0, 0.05) is 16.1 Å². The Hall–Kier alpha value is -1.20. The number of rotatable bonds is 3. The fourth-order valence-corrected chi connectivity index (χ4v) is 3.21. The topological polar surface area (TPSA) is 29.5 Å². The van der Waals surface area contributed by atoms with Gasteiger partial charge in [-0.25, -0.2) is 0 Å². The van der Waals surface area contributed by atoms with Crippen molar-refractivity contribution < 1.29 is 9.84 Å². The van der Waals surface area contributed by atoms with E-state index < -0.39 is 11.2 Å². The number of aliphatic hydroxyl groups is 1. The van der Waals surface area contributed by atoms with E-state index in [0.29, 0.717) is 0 Å². The summed E-state index contributed by atoms with van der Waals surface area (Å²) in [6.45, 7) is 0. The number of ether oxygens (including phenoxy) is 1. The average Bonchev–Trinajstić information content (AvgIpc) is 2.57. The van der Waals surface area contributed by atoms with E-state index in [2.05, 4.69) is 31.9 Å². The summed E-state index contributed by atoms with van der Waals surface area (Å²) in [5, 5.41) is 10.9. The van der Waals surface area contributed by atoms with Crippen LogP contribution in [0.4, 0.5) is 0 Å². The van der Waals surface area contributed by atoms with Crippen molar-refractivity contribution >= 4 is 31.9 Å². The van der Waals surface area contributed by atoms with Gasteiger partial charge in [-0.2, -0.15) is 0 Å². The van der Waals surface area contributed by atoms with Crippen LogP contribution in [-0.4, -0.2) is 12.2 Å². The predicted molar refractivity (Wildman–Crippen MR) is 99.1 cm³/mol. The van der Waals surface area contributed by atoms with Crippen molar-refractivity contribution in [1.29, 1.82) is 0 Å². The third-order valence-electron chi connectivity index (χ3n) is 4.11. The smallest absolute Gasteiger partial charge is 0.129 e. The van der Waals surface area contributed by atoms with Crippen molar-refractivity contribution in [2.45, 2.75) is 11.2 Å². The molecule has 1 N–H and O–H groups in total. The van der Waals surface area contributed by atoms with Gasteiger partial charge in [0.15, 0.2) is 0 Å². The van der Waals surface area contributed by atoms with E-state index in [0.717, 1.165) is 20.1 Å². The first-order valence-corrected chi connectivity index (χ1v) is 8.76. The van der Waals surface area contributed by atoms with E-state index in [4.69, 9.17) is 4.74 Å². The van der Waals surface area contributed by atoms with Gasteiger partial charge in [0.25, 0.3) is 0 Å². The van der Waals surface area contributed by atoms with Gasteiger partial charge in [0.1, 0.15) is 11.2 Å². The van der Waals surface area contributed by atoms with Gasteiger partial charge < -0.3 is 9.84 Å². The van der Waals surface area contributed by atoms with Gasteiger partial charge >= 0.3 is 0 Å². The minimum atomic E-state index is -1.13. The van der Waals surface area contributed by atoms with E-state index >= 15 is 0 Å². The molecule has 0 amide bonds. The minimum absolute atomic E-state index is 0.664. The molecule has 23 heavy (non-hydrogen) atoms.